The van der Waals surface area contributed by atoms with Crippen LogP contribution in [0.3, 0.4) is 0 Å². The van der Waals surface area contributed by atoms with Gasteiger partial charge in [-0.15, -0.1) is 10.2 Å². The summed E-state index contributed by atoms with van der Waals surface area (Å²) in [5, 5.41) is 13.5. The zero-order valence-electron chi connectivity index (χ0n) is 16.6. The van der Waals surface area contributed by atoms with Gasteiger partial charge in [0.1, 0.15) is 0 Å². The van der Waals surface area contributed by atoms with E-state index in [1.807, 2.05) is 30.3 Å². The molecule has 9 nitrogen and oxygen atoms in total. The number of carbonyl (C=O) groups excluding carboxylic acids is 2. The molecule has 0 aliphatic heterocycles. The molecule has 0 atom stereocenters. The van der Waals surface area contributed by atoms with Gasteiger partial charge in [0.25, 0.3) is 5.91 Å². The topological polar surface area (TPSA) is 130 Å². The van der Waals surface area contributed by atoms with E-state index in [0.29, 0.717) is 15.8 Å². The Balaban J connectivity index is 1.75. The Bertz CT molecular complexity index is 1200. The van der Waals surface area contributed by atoms with E-state index in [4.69, 9.17) is 0 Å². The summed E-state index contributed by atoms with van der Waals surface area (Å²) in [4.78, 5) is 24.1. The molecule has 0 aliphatic rings. The summed E-state index contributed by atoms with van der Waals surface area (Å²) in [5.74, 6) is -0.196. The first kappa shape index (κ1) is 22.7. The minimum Gasteiger partial charge on any atom is -0.326 e. The van der Waals surface area contributed by atoms with Crippen LogP contribution in [0.1, 0.15) is 22.8 Å². The molecule has 0 saturated heterocycles. The first-order chi connectivity index (χ1) is 14.7. The van der Waals surface area contributed by atoms with Crippen LogP contribution in [-0.4, -0.2) is 36.7 Å². The molecule has 1 aromatic heterocycles. The van der Waals surface area contributed by atoms with E-state index >= 15 is 0 Å². The molecule has 0 bridgehead atoms. The van der Waals surface area contributed by atoms with E-state index in [1.165, 1.54) is 48.2 Å². The van der Waals surface area contributed by atoms with Gasteiger partial charge in [0, 0.05) is 18.4 Å². The maximum atomic E-state index is 12.8. The summed E-state index contributed by atoms with van der Waals surface area (Å²) in [6, 6.07) is 14.2. The smallest absolute Gasteiger partial charge is 0.259 e. The number of thioether (sulfide) groups is 1. The summed E-state index contributed by atoms with van der Waals surface area (Å²) >= 11 is 2.70. The third-order valence-corrected chi connectivity index (χ3v) is 6.35. The van der Waals surface area contributed by atoms with Crippen LogP contribution in [0.15, 0.2) is 52.9 Å². The zero-order valence-corrected chi connectivity index (χ0v) is 19.0. The van der Waals surface area contributed by atoms with Gasteiger partial charge in [-0.1, -0.05) is 53.4 Å². The fourth-order valence-corrected chi connectivity index (χ4v) is 4.78. The Labute approximate surface area is 187 Å². The van der Waals surface area contributed by atoms with Crippen molar-refractivity contribution in [1.82, 2.24) is 10.2 Å². The molecule has 12 heteroatoms. The van der Waals surface area contributed by atoms with E-state index < -0.39 is 15.9 Å². The number of sulfonamides is 1. The normalized spacial score (nSPS) is 11.0. The van der Waals surface area contributed by atoms with Crippen molar-refractivity contribution < 1.29 is 18.0 Å². The molecule has 0 radical (unpaired) electrons. The summed E-state index contributed by atoms with van der Waals surface area (Å²) in [6.45, 7) is 1.33. The first-order valence-electron chi connectivity index (χ1n) is 8.90. The number of amides is 2. The van der Waals surface area contributed by atoms with Crippen molar-refractivity contribution >= 4 is 61.4 Å². The Morgan fingerprint density at radius 3 is 2.48 bits per heavy atom. The number of hydrogen-bond donors (Lipinski definition) is 3. The summed E-state index contributed by atoms with van der Waals surface area (Å²) in [5.41, 5.74) is 1.61. The third kappa shape index (κ3) is 7.05. The highest BCUT2D eigenvalue weighted by Gasteiger charge is 2.17. The summed E-state index contributed by atoms with van der Waals surface area (Å²) in [6.07, 6.45) is 0.984. The quantitative estimate of drug-likeness (QED) is 0.335. The molecule has 3 aromatic rings. The molecule has 3 N–H and O–H groups in total. The Morgan fingerprint density at radius 1 is 1.06 bits per heavy atom. The van der Waals surface area contributed by atoms with E-state index in [1.54, 1.807) is 0 Å². The molecular weight excluding hydrogens is 458 g/mol. The molecule has 2 aromatic carbocycles. The van der Waals surface area contributed by atoms with Crippen molar-refractivity contribution in [1.29, 1.82) is 0 Å². The predicted molar refractivity (Wildman–Crippen MR) is 123 cm³/mol. The highest BCUT2D eigenvalue weighted by Crippen LogP contribution is 2.29. The summed E-state index contributed by atoms with van der Waals surface area (Å²) < 4.78 is 26.3. The number of carbonyl (C=O) groups is 2. The van der Waals surface area contributed by atoms with Crippen molar-refractivity contribution in [3.63, 3.8) is 0 Å². The van der Waals surface area contributed by atoms with Gasteiger partial charge in [-0.25, -0.2) is 8.42 Å². The second-order valence-corrected chi connectivity index (χ2v) is 10.4. The molecule has 0 fully saturated rings. The number of anilines is 3. The second kappa shape index (κ2) is 9.90. The molecule has 3 rings (SSSR count). The Kier molecular flexibility index (Phi) is 7.25. The van der Waals surface area contributed by atoms with Crippen LogP contribution in [0.25, 0.3) is 0 Å². The lowest BCUT2D eigenvalue weighted by atomic mass is 10.1. The molecule has 0 unspecified atom stereocenters. The van der Waals surface area contributed by atoms with Crippen LogP contribution in [0, 0.1) is 0 Å². The van der Waals surface area contributed by atoms with Crippen molar-refractivity contribution in [2.45, 2.75) is 17.0 Å². The maximum Gasteiger partial charge on any atom is 0.259 e. The average Bonchev–Trinajstić information content (AvgIpc) is 3.14. The fraction of sp³-hybridized carbons (Fsp3) is 0.158. The molecule has 162 valence electrons. The number of rotatable bonds is 8. The fourth-order valence-electron chi connectivity index (χ4n) is 2.50. The van der Waals surface area contributed by atoms with Gasteiger partial charge >= 0.3 is 0 Å². The molecule has 0 spiro atoms. The van der Waals surface area contributed by atoms with Crippen molar-refractivity contribution in [3.05, 3.63) is 59.7 Å². The van der Waals surface area contributed by atoms with E-state index in [2.05, 4.69) is 25.6 Å². The van der Waals surface area contributed by atoms with Gasteiger partial charge in [-0.2, -0.15) is 0 Å². The van der Waals surface area contributed by atoms with E-state index in [9.17, 15) is 18.0 Å². The van der Waals surface area contributed by atoms with Crippen LogP contribution in [0.2, 0.25) is 0 Å². The Morgan fingerprint density at radius 2 is 1.81 bits per heavy atom. The van der Waals surface area contributed by atoms with Crippen LogP contribution in [-0.2, 0) is 20.6 Å². The monoisotopic (exact) mass is 477 g/mol. The van der Waals surface area contributed by atoms with E-state index in [0.717, 1.165) is 11.8 Å². The number of nitrogens with one attached hydrogen (secondary N) is 3. The lowest BCUT2D eigenvalue weighted by Gasteiger charge is -2.12. The molecule has 0 aliphatic carbocycles. The van der Waals surface area contributed by atoms with Gasteiger partial charge in [-0.3, -0.25) is 19.6 Å². The SMILES string of the molecule is CC(=O)Nc1ccc(NS(C)(=O)=O)c(C(=O)Nc2nnc(SCc3ccccc3)s2)c1. The summed E-state index contributed by atoms with van der Waals surface area (Å²) in [7, 11) is -3.62. The number of benzene rings is 2. The highest BCUT2D eigenvalue weighted by atomic mass is 32.2. The molecule has 2 amide bonds. The standard InChI is InChI=1S/C19H19N5O4S3/c1-12(25)20-14-8-9-16(24-31(2,27)28)15(10-14)17(26)21-18-22-23-19(30-18)29-11-13-6-4-3-5-7-13/h3-10,24H,11H2,1-2H3,(H,20,25)(H,21,22,26). The molecule has 31 heavy (non-hydrogen) atoms. The lowest BCUT2D eigenvalue weighted by Crippen LogP contribution is -2.18. The predicted octanol–water partition coefficient (Wildman–Crippen LogP) is 3.41. The largest absolute Gasteiger partial charge is 0.326 e. The second-order valence-electron chi connectivity index (χ2n) is 6.42. The van der Waals surface area contributed by atoms with Crippen molar-refractivity contribution in [2.75, 3.05) is 21.6 Å². The zero-order chi connectivity index (χ0) is 22.4. The van der Waals surface area contributed by atoms with Crippen LogP contribution >= 0.6 is 23.1 Å². The Hall–Kier alpha value is -2.96. The van der Waals surface area contributed by atoms with E-state index in [-0.39, 0.29) is 22.3 Å². The molecule has 1 heterocycles. The van der Waals surface area contributed by atoms with Crippen LogP contribution in [0.5, 0.6) is 0 Å². The maximum absolute atomic E-state index is 12.8. The van der Waals surface area contributed by atoms with Crippen LogP contribution < -0.4 is 15.4 Å². The molecule has 0 saturated carbocycles. The lowest BCUT2D eigenvalue weighted by molar-refractivity contribution is -0.114. The van der Waals surface area contributed by atoms with Crippen molar-refractivity contribution in [2.24, 2.45) is 0 Å². The van der Waals surface area contributed by atoms with Crippen LogP contribution in [0.4, 0.5) is 16.5 Å². The van der Waals surface area contributed by atoms with Gasteiger partial charge in [0.2, 0.25) is 21.1 Å². The average molecular weight is 478 g/mol. The van der Waals surface area contributed by atoms with Gasteiger partial charge in [0.15, 0.2) is 4.34 Å². The minimum atomic E-state index is -3.62. The van der Waals surface area contributed by atoms with Gasteiger partial charge < -0.3 is 5.32 Å². The highest BCUT2D eigenvalue weighted by molar-refractivity contribution is 8.00. The number of nitrogens with zero attached hydrogens (tertiary/aromatic N) is 2. The van der Waals surface area contributed by atoms with Crippen molar-refractivity contribution in [3.8, 4) is 0 Å². The minimum absolute atomic E-state index is 0.0327. The first-order valence-corrected chi connectivity index (χ1v) is 12.6. The number of hydrogen-bond acceptors (Lipinski definition) is 8. The number of aromatic nitrogens is 2. The third-order valence-electron chi connectivity index (χ3n) is 3.71. The van der Waals surface area contributed by atoms with Gasteiger partial charge in [0.05, 0.1) is 17.5 Å². The molecular formula is C19H19N5O4S3. The van der Waals surface area contributed by atoms with Gasteiger partial charge in [-0.05, 0) is 23.8 Å².